The summed E-state index contributed by atoms with van der Waals surface area (Å²) < 4.78 is 9.77. The minimum Gasteiger partial charge on any atom is -0.337 e. The molecule has 0 aliphatic rings. The van der Waals surface area contributed by atoms with Gasteiger partial charge in [0.15, 0.2) is 0 Å². The lowest BCUT2D eigenvalue weighted by Crippen LogP contribution is -1.95. The molecule has 0 radical (unpaired) electrons. The van der Waals surface area contributed by atoms with Crippen molar-refractivity contribution in [1.29, 1.82) is 0 Å². The van der Waals surface area contributed by atoms with Crippen molar-refractivity contribution >= 4 is 10.9 Å². The molecule has 5 nitrogen and oxygen atoms in total. The van der Waals surface area contributed by atoms with Crippen LogP contribution in [0.5, 0.6) is 0 Å². The van der Waals surface area contributed by atoms with E-state index >= 15 is 0 Å². The van der Waals surface area contributed by atoms with E-state index in [1.165, 1.54) is 10.9 Å². The number of nitrogens with zero attached hydrogens (tertiary/aromatic N) is 4. The van der Waals surface area contributed by atoms with Crippen LogP contribution in [0, 0.1) is 0 Å². The summed E-state index contributed by atoms with van der Waals surface area (Å²) in [6.07, 6.45) is 7.70. The number of fused-ring (bicyclic) bond motifs is 1. The summed E-state index contributed by atoms with van der Waals surface area (Å²) in [5.74, 6) is 0.705. The van der Waals surface area contributed by atoms with Gasteiger partial charge in [-0.1, -0.05) is 53.7 Å². The predicted molar refractivity (Wildman–Crippen MR) is 100 cm³/mol. The van der Waals surface area contributed by atoms with Crippen molar-refractivity contribution in [1.82, 2.24) is 19.3 Å². The second-order valence-corrected chi connectivity index (χ2v) is 6.19. The Morgan fingerprint density at radius 1 is 0.962 bits per heavy atom. The first-order chi connectivity index (χ1) is 12.9. The fourth-order valence-electron chi connectivity index (χ4n) is 3.26. The van der Waals surface area contributed by atoms with Gasteiger partial charge in [-0.3, -0.25) is 4.57 Å². The fraction of sp³-hybridized carbons (Fsp3) is 0.0476. The maximum atomic E-state index is 5.66. The minimum atomic E-state index is 0.705. The summed E-state index contributed by atoms with van der Waals surface area (Å²) >= 11 is 0. The SMILES string of the molecule is c1ccc(-c2cc(-n3cc(Cn4ccnc4)c4ccccc43)on2)cc1. The van der Waals surface area contributed by atoms with Crippen LogP contribution in [0.15, 0.2) is 90.1 Å². The van der Waals surface area contributed by atoms with Crippen LogP contribution in [0.1, 0.15) is 5.56 Å². The molecule has 3 heterocycles. The molecule has 5 rings (SSSR count). The van der Waals surface area contributed by atoms with Crippen LogP contribution >= 0.6 is 0 Å². The van der Waals surface area contributed by atoms with Crippen molar-refractivity contribution < 1.29 is 4.52 Å². The lowest BCUT2D eigenvalue weighted by Gasteiger charge is -1.99. The molecule has 5 aromatic rings. The molecular formula is C21H16N4O. The van der Waals surface area contributed by atoms with E-state index in [1.54, 1.807) is 6.20 Å². The summed E-state index contributed by atoms with van der Waals surface area (Å²) in [7, 11) is 0. The third-order valence-electron chi connectivity index (χ3n) is 4.51. The highest BCUT2D eigenvalue weighted by atomic mass is 16.5. The van der Waals surface area contributed by atoms with E-state index < -0.39 is 0 Å². The summed E-state index contributed by atoms with van der Waals surface area (Å²) in [6.45, 7) is 0.757. The smallest absolute Gasteiger partial charge is 0.236 e. The van der Waals surface area contributed by atoms with Crippen LogP contribution in [-0.2, 0) is 6.54 Å². The second-order valence-electron chi connectivity index (χ2n) is 6.19. The predicted octanol–water partition coefficient (Wildman–Crippen LogP) is 4.53. The zero-order valence-corrected chi connectivity index (χ0v) is 14.0. The molecule has 5 heteroatoms. The van der Waals surface area contributed by atoms with Crippen molar-refractivity contribution in [2.45, 2.75) is 6.54 Å². The summed E-state index contributed by atoms with van der Waals surface area (Å²) in [4.78, 5) is 4.13. The average molecular weight is 340 g/mol. The highest BCUT2D eigenvalue weighted by molar-refractivity contribution is 5.85. The van der Waals surface area contributed by atoms with E-state index in [0.717, 1.165) is 23.3 Å². The molecular weight excluding hydrogens is 324 g/mol. The summed E-state index contributed by atoms with van der Waals surface area (Å²) in [6, 6.07) is 20.3. The maximum absolute atomic E-state index is 5.66. The number of benzene rings is 2. The first kappa shape index (κ1) is 14.7. The third-order valence-corrected chi connectivity index (χ3v) is 4.51. The number of hydrogen-bond acceptors (Lipinski definition) is 3. The minimum absolute atomic E-state index is 0.705. The lowest BCUT2D eigenvalue weighted by atomic mass is 10.1. The van der Waals surface area contributed by atoms with E-state index in [-0.39, 0.29) is 0 Å². The molecule has 126 valence electrons. The molecule has 0 N–H and O–H groups in total. The van der Waals surface area contributed by atoms with Gasteiger partial charge in [-0.2, -0.15) is 0 Å². The molecule has 26 heavy (non-hydrogen) atoms. The maximum Gasteiger partial charge on any atom is 0.236 e. The quantitative estimate of drug-likeness (QED) is 0.483. The van der Waals surface area contributed by atoms with Gasteiger partial charge in [0.2, 0.25) is 5.88 Å². The molecule has 0 spiro atoms. The van der Waals surface area contributed by atoms with Gasteiger partial charge < -0.3 is 9.09 Å². The molecule has 0 unspecified atom stereocenters. The Bertz CT molecular complexity index is 1150. The van der Waals surface area contributed by atoms with E-state index in [4.69, 9.17) is 4.52 Å². The topological polar surface area (TPSA) is 48.8 Å². The molecule has 0 aliphatic carbocycles. The van der Waals surface area contributed by atoms with E-state index in [0.29, 0.717) is 5.88 Å². The Labute approximate surface area is 150 Å². The highest BCUT2D eigenvalue weighted by Crippen LogP contribution is 2.28. The van der Waals surface area contributed by atoms with Crippen LogP contribution in [0.2, 0.25) is 0 Å². The molecule has 0 aliphatic heterocycles. The first-order valence-corrected chi connectivity index (χ1v) is 8.46. The van der Waals surface area contributed by atoms with Gasteiger partial charge in [-0.25, -0.2) is 4.98 Å². The van der Waals surface area contributed by atoms with Crippen LogP contribution in [0.25, 0.3) is 28.0 Å². The Morgan fingerprint density at radius 3 is 2.65 bits per heavy atom. The summed E-state index contributed by atoms with van der Waals surface area (Å²) in [5.41, 5.74) is 4.17. The Balaban J connectivity index is 1.60. The standard InChI is InChI=1S/C21H16N4O/c1-2-6-16(7-3-1)19-12-21(26-23-19)25-14-17(13-24-11-10-22-15-24)18-8-4-5-9-20(18)25/h1-12,14-15H,13H2. The van der Waals surface area contributed by atoms with Crippen molar-refractivity contribution in [3.8, 4) is 17.1 Å². The molecule has 0 bridgehead atoms. The lowest BCUT2D eigenvalue weighted by molar-refractivity contribution is 0.410. The van der Waals surface area contributed by atoms with Crippen LogP contribution < -0.4 is 0 Å². The van der Waals surface area contributed by atoms with Gasteiger partial charge in [-0.15, -0.1) is 0 Å². The third kappa shape index (κ3) is 2.50. The van der Waals surface area contributed by atoms with Crippen molar-refractivity contribution in [2.24, 2.45) is 0 Å². The van der Waals surface area contributed by atoms with Crippen LogP contribution in [0.3, 0.4) is 0 Å². The number of aromatic nitrogens is 4. The van der Waals surface area contributed by atoms with Crippen molar-refractivity contribution in [3.63, 3.8) is 0 Å². The largest absolute Gasteiger partial charge is 0.337 e. The average Bonchev–Trinajstić information content (AvgIpc) is 3.43. The fourth-order valence-corrected chi connectivity index (χ4v) is 3.26. The molecule has 0 saturated carbocycles. The molecule has 0 atom stereocenters. The van der Waals surface area contributed by atoms with Crippen molar-refractivity contribution in [2.75, 3.05) is 0 Å². The Hall–Kier alpha value is -3.60. The summed E-state index contributed by atoms with van der Waals surface area (Å²) in [5, 5.41) is 5.44. The van der Waals surface area contributed by atoms with Gasteiger partial charge in [-0.05, 0) is 11.6 Å². The number of hydrogen-bond donors (Lipinski definition) is 0. The molecule has 0 amide bonds. The number of rotatable bonds is 4. The monoisotopic (exact) mass is 340 g/mol. The normalized spacial score (nSPS) is 11.2. The van der Waals surface area contributed by atoms with Crippen LogP contribution in [-0.4, -0.2) is 19.3 Å². The van der Waals surface area contributed by atoms with Gasteiger partial charge in [0.25, 0.3) is 0 Å². The van der Waals surface area contributed by atoms with Gasteiger partial charge in [0.05, 0.1) is 18.4 Å². The van der Waals surface area contributed by atoms with E-state index in [2.05, 4.69) is 43.7 Å². The molecule has 0 fully saturated rings. The zero-order valence-electron chi connectivity index (χ0n) is 14.0. The Kier molecular flexibility index (Phi) is 3.42. The highest BCUT2D eigenvalue weighted by Gasteiger charge is 2.14. The van der Waals surface area contributed by atoms with Gasteiger partial charge in [0.1, 0.15) is 5.69 Å². The molecule has 2 aromatic carbocycles. The molecule has 0 saturated heterocycles. The Morgan fingerprint density at radius 2 is 1.81 bits per heavy atom. The number of para-hydroxylation sites is 1. The first-order valence-electron chi connectivity index (χ1n) is 8.46. The number of imidazole rings is 1. The van der Waals surface area contributed by atoms with Gasteiger partial charge in [0, 0.05) is 35.6 Å². The van der Waals surface area contributed by atoms with Crippen LogP contribution in [0.4, 0.5) is 0 Å². The molecule has 3 aromatic heterocycles. The van der Waals surface area contributed by atoms with Gasteiger partial charge >= 0.3 is 0 Å². The van der Waals surface area contributed by atoms with Crippen molar-refractivity contribution in [3.05, 3.63) is 91.1 Å². The zero-order chi connectivity index (χ0) is 17.3. The second kappa shape index (κ2) is 6.04. The van der Waals surface area contributed by atoms with E-state index in [1.807, 2.05) is 55.0 Å². The van der Waals surface area contributed by atoms with E-state index in [9.17, 15) is 0 Å².